The van der Waals surface area contributed by atoms with Gasteiger partial charge in [-0.3, -0.25) is 0 Å². The van der Waals surface area contributed by atoms with Crippen molar-refractivity contribution in [1.29, 1.82) is 0 Å². The minimum atomic E-state index is -4.31. The third-order valence-electron chi connectivity index (χ3n) is 2.90. The van der Waals surface area contributed by atoms with Crippen LogP contribution in [0.1, 0.15) is 23.7 Å². The Bertz CT molecular complexity index is 359. The van der Waals surface area contributed by atoms with Crippen LogP contribution in [0.2, 0.25) is 0 Å². The van der Waals surface area contributed by atoms with E-state index in [9.17, 15) is 18.3 Å². The molecule has 0 amide bonds. The SMILES string of the molecule is OC1c2ccccc2CCC1C(F)(F)F. The summed E-state index contributed by atoms with van der Waals surface area (Å²) in [4.78, 5) is 0. The molecule has 0 radical (unpaired) electrons. The standard InChI is InChI=1S/C11H11F3O/c12-11(13,14)9-6-5-7-3-1-2-4-8(7)10(9)15/h1-4,9-10,15H,5-6H2. The van der Waals surface area contributed by atoms with E-state index in [-0.39, 0.29) is 6.42 Å². The monoisotopic (exact) mass is 216 g/mol. The van der Waals surface area contributed by atoms with Crippen molar-refractivity contribution in [3.8, 4) is 0 Å². The van der Waals surface area contributed by atoms with E-state index < -0.39 is 18.2 Å². The molecule has 82 valence electrons. The van der Waals surface area contributed by atoms with Gasteiger partial charge in [-0.2, -0.15) is 13.2 Å². The molecule has 0 heterocycles. The van der Waals surface area contributed by atoms with Crippen molar-refractivity contribution in [3.05, 3.63) is 35.4 Å². The van der Waals surface area contributed by atoms with Crippen LogP contribution >= 0.6 is 0 Å². The first-order valence-electron chi connectivity index (χ1n) is 4.82. The minimum Gasteiger partial charge on any atom is -0.388 e. The average Bonchev–Trinajstić information content (AvgIpc) is 2.16. The molecule has 1 aromatic rings. The zero-order chi connectivity index (χ0) is 11.1. The lowest BCUT2D eigenvalue weighted by Gasteiger charge is -2.31. The van der Waals surface area contributed by atoms with Crippen LogP contribution in [-0.4, -0.2) is 11.3 Å². The van der Waals surface area contributed by atoms with Gasteiger partial charge in [0.05, 0.1) is 12.0 Å². The zero-order valence-electron chi connectivity index (χ0n) is 7.96. The van der Waals surface area contributed by atoms with Gasteiger partial charge < -0.3 is 5.11 Å². The molecule has 0 bridgehead atoms. The van der Waals surface area contributed by atoms with E-state index in [2.05, 4.69) is 0 Å². The molecule has 0 spiro atoms. The molecular weight excluding hydrogens is 205 g/mol. The Kier molecular flexibility index (Phi) is 2.46. The third kappa shape index (κ3) is 1.86. The topological polar surface area (TPSA) is 20.2 Å². The molecule has 2 unspecified atom stereocenters. The van der Waals surface area contributed by atoms with E-state index in [1.165, 1.54) is 0 Å². The van der Waals surface area contributed by atoms with Crippen molar-refractivity contribution in [3.63, 3.8) is 0 Å². The number of alkyl halides is 3. The molecule has 0 aromatic heterocycles. The highest BCUT2D eigenvalue weighted by atomic mass is 19.4. The van der Waals surface area contributed by atoms with E-state index in [0.717, 1.165) is 5.56 Å². The summed E-state index contributed by atoms with van der Waals surface area (Å²) in [5.74, 6) is -1.62. The largest absolute Gasteiger partial charge is 0.394 e. The van der Waals surface area contributed by atoms with Crippen LogP contribution in [0.4, 0.5) is 13.2 Å². The van der Waals surface area contributed by atoms with E-state index in [1.54, 1.807) is 24.3 Å². The molecular formula is C11H11F3O. The lowest BCUT2D eigenvalue weighted by molar-refractivity contribution is -0.205. The molecule has 0 aliphatic heterocycles. The van der Waals surface area contributed by atoms with Crippen LogP contribution in [0.15, 0.2) is 24.3 Å². The van der Waals surface area contributed by atoms with Gasteiger partial charge in [-0.1, -0.05) is 24.3 Å². The fourth-order valence-corrected chi connectivity index (χ4v) is 2.08. The first kappa shape index (κ1) is 10.5. The molecule has 4 heteroatoms. The van der Waals surface area contributed by atoms with Gasteiger partial charge in [0.25, 0.3) is 0 Å². The Labute approximate surface area is 85.5 Å². The van der Waals surface area contributed by atoms with E-state index in [0.29, 0.717) is 12.0 Å². The second-order valence-corrected chi connectivity index (χ2v) is 3.83. The van der Waals surface area contributed by atoms with Crippen molar-refractivity contribution in [2.45, 2.75) is 25.1 Å². The summed E-state index contributed by atoms with van der Waals surface area (Å²) in [7, 11) is 0. The Morgan fingerprint density at radius 3 is 2.53 bits per heavy atom. The number of aliphatic hydroxyl groups is 1. The van der Waals surface area contributed by atoms with Crippen molar-refractivity contribution in [1.82, 2.24) is 0 Å². The minimum absolute atomic E-state index is 0.0261. The highest BCUT2D eigenvalue weighted by Gasteiger charge is 2.46. The van der Waals surface area contributed by atoms with Crippen LogP contribution in [0.3, 0.4) is 0 Å². The summed E-state index contributed by atoms with van der Waals surface area (Å²) in [5, 5.41) is 9.64. The molecule has 1 nitrogen and oxygen atoms in total. The summed E-state index contributed by atoms with van der Waals surface area (Å²) >= 11 is 0. The normalized spacial score (nSPS) is 26.1. The van der Waals surface area contributed by atoms with Crippen molar-refractivity contribution < 1.29 is 18.3 Å². The highest BCUT2D eigenvalue weighted by molar-refractivity contribution is 5.32. The van der Waals surface area contributed by atoms with Crippen LogP contribution in [0.25, 0.3) is 0 Å². The zero-order valence-corrected chi connectivity index (χ0v) is 7.96. The molecule has 0 saturated carbocycles. The van der Waals surface area contributed by atoms with Gasteiger partial charge in [0, 0.05) is 0 Å². The maximum Gasteiger partial charge on any atom is 0.394 e. The first-order valence-corrected chi connectivity index (χ1v) is 4.82. The summed E-state index contributed by atoms with van der Waals surface area (Å²) in [5.41, 5.74) is 1.25. The Balaban J connectivity index is 2.34. The number of halogens is 3. The highest BCUT2D eigenvalue weighted by Crippen LogP contribution is 2.43. The molecule has 1 aliphatic carbocycles. The Hall–Kier alpha value is -1.03. The summed E-state index contributed by atoms with van der Waals surface area (Å²) in [6, 6.07) is 6.77. The number of benzene rings is 1. The number of fused-ring (bicyclic) bond motifs is 1. The van der Waals surface area contributed by atoms with Gasteiger partial charge >= 0.3 is 6.18 Å². The second-order valence-electron chi connectivity index (χ2n) is 3.83. The van der Waals surface area contributed by atoms with Gasteiger partial charge in [0.15, 0.2) is 0 Å². The quantitative estimate of drug-likeness (QED) is 0.707. The molecule has 1 aromatic carbocycles. The fourth-order valence-electron chi connectivity index (χ4n) is 2.08. The maximum atomic E-state index is 12.5. The summed E-state index contributed by atoms with van der Waals surface area (Å²) in [6.45, 7) is 0. The third-order valence-corrected chi connectivity index (χ3v) is 2.90. The number of aryl methyl sites for hydroxylation is 1. The molecule has 1 N–H and O–H groups in total. The van der Waals surface area contributed by atoms with E-state index in [1.807, 2.05) is 0 Å². The molecule has 15 heavy (non-hydrogen) atoms. The number of hydrogen-bond acceptors (Lipinski definition) is 1. The van der Waals surface area contributed by atoms with Gasteiger partial charge in [-0.25, -0.2) is 0 Å². The molecule has 0 fully saturated rings. The lowest BCUT2D eigenvalue weighted by atomic mass is 9.81. The van der Waals surface area contributed by atoms with Crippen molar-refractivity contribution in [2.24, 2.45) is 5.92 Å². The van der Waals surface area contributed by atoms with Crippen LogP contribution in [-0.2, 0) is 6.42 Å². The fraction of sp³-hybridized carbons (Fsp3) is 0.455. The average molecular weight is 216 g/mol. The van der Waals surface area contributed by atoms with Gasteiger partial charge in [-0.05, 0) is 24.0 Å². The predicted octanol–water partition coefficient (Wildman–Crippen LogP) is 2.84. The lowest BCUT2D eigenvalue weighted by Crippen LogP contribution is -2.32. The Morgan fingerprint density at radius 1 is 1.20 bits per heavy atom. The molecule has 1 aliphatic rings. The summed E-state index contributed by atoms with van der Waals surface area (Å²) < 4.78 is 37.6. The smallest absolute Gasteiger partial charge is 0.388 e. The van der Waals surface area contributed by atoms with Crippen molar-refractivity contribution in [2.75, 3.05) is 0 Å². The van der Waals surface area contributed by atoms with Crippen LogP contribution in [0.5, 0.6) is 0 Å². The van der Waals surface area contributed by atoms with Gasteiger partial charge in [0.2, 0.25) is 0 Å². The van der Waals surface area contributed by atoms with Gasteiger partial charge in [-0.15, -0.1) is 0 Å². The van der Waals surface area contributed by atoms with Crippen molar-refractivity contribution >= 4 is 0 Å². The predicted molar refractivity (Wildman–Crippen MR) is 49.3 cm³/mol. The summed E-state index contributed by atoms with van der Waals surface area (Å²) in [6.07, 6.45) is -5.36. The molecule has 0 saturated heterocycles. The van der Waals surface area contributed by atoms with Gasteiger partial charge in [0.1, 0.15) is 0 Å². The molecule has 2 rings (SSSR count). The Morgan fingerprint density at radius 2 is 1.87 bits per heavy atom. The molecule has 2 atom stereocenters. The van der Waals surface area contributed by atoms with Crippen LogP contribution < -0.4 is 0 Å². The first-order chi connectivity index (χ1) is 7.00. The van der Waals surface area contributed by atoms with Crippen LogP contribution in [0, 0.1) is 5.92 Å². The number of hydrogen-bond donors (Lipinski definition) is 1. The van der Waals surface area contributed by atoms with E-state index >= 15 is 0 Å². The number of rotatable bonds is 0. The maximum absolute atomic E-state index is 12.5. The number of aliphatic hydroxyl groups excluding tert-OH is 1. The van der Waals surface area contributed by atoms with E-state index in [4.69, 9.17) is 0 Å². The second kappa shape index (κ2) is 3.52.